The van der Waals surface area contributed by atoms with Crippen LogP contribution in [0.5, 0.6) is 0 Å². The molecule has 0 radical (unpaired) electrons. The quantitative estimate of drug-likeness (QED) is 0.557. The van der Waals surface area contributed by atoms with E-state index >= 15 is 0 Å². The zero-order valence-corrected chi connectivity index (χ0v) is 17.0. The number of hydrogen-bond donors (Lipinski definition) is 2. The fourth-order valence-electron chi connectivity index (χ4n) is 2.62. The summed E-state index contributed by atoms with van der Waals surface area (Å²) >= 11 is 3.59. The number of carbonyl (C=O) groups is 1. The van der Waals surface area contributed by atoms with Gasteiger partial charge in [-0.2, -0.15) is 0 Å². The van der Waals surface area contributed by atoms with Crippen LogP contribution < -0.4 is 10.6 Å². The summed E-state index contributed by atoms with van der Waals surface area (Å²) in [5, 5.41) is 6.17. The molecule has 0 heterocycles. The summed E-state index contributed by atoms with van der Waals surface area (Å²) in [7, 11) is 3.82. The number of hydrogen-bond acceptors (Lipinski definition) is 2. The molecule has 0 spiro atoms. The second-order valence-electron chi connectivity index (χ2n) is 6.05. The van der Waals surface area contributed by atoms with Gasteiger partial charge in [0.1, 0.15) is 0 Å². The van der Waals surface area contributed by atoms with Gasteiger partial charge >= 0.3 is 0 Å². The second-order valence-corrected chi connectivity index (χ2v) is 6.90. The van der Waals surface area contributed by atoms with Crippen LogP contribution in [0.2, 0.25) is 0 Å². The van der Waals surface area contributed by atoms with Gasteiger partial charge in [0.15, 0.2) is 5.96 Å². The highest BCUT2D eigenvalue weighted by Crippen LogP contribution is 2.17. The van der Waals surface area contributed by atoms with Gasteiger partial charge in [0, 0.05) is 44.3 Å². The molecule has 2 rings (SSSR count). The predicted octanol–water partition coefficient (Wildman–Crippen LogP) is 3.66. The monoisotopic (exact) mass is 416 g/mol. The average molecular weight is 417 g/mol. The second kappa shape index (κ2) is 9.97. The van der Waals surface area contributed by atoms with Crippen LogP contribution in [0.3, 0.4) is 0 Å². The Kier molecular flexibility index (Phi) is 7.66. The van der Waals surface area contributed by atoms with Gasteiger partial charge in [0.2, 0.25) is 5.91 Å². The SMILES string of the molecule is CN=C(NCCc1ccc(NC(C)=O)cc1)N(C)Cc1ccccc1Br. The third-order valence-electron chi connectivity index (χ3n) is 3.91. The summed E-state index contributed by atoms with van der Waals surface area (Å²) < 4.78 is 1.10. The lowest BCUT2D eigenvalue weighted by atomic mass is 10.1. The minimum atomic E-state index is -0.0590. The maximum absolute atomic E-state index is 11.1. The summed E-state index contributed by atoms with van der Waals surface area (Å²) in [5.41, 5.74) is 3.24. The molecule has 0 atom stereocenters. The maximum Gasteiger partial charge on any atom is 0.221 e. The predicted molar refractivity (Wildman–Crippen MR) is 111 cm³/mol. The first-order valence-corrected chi connectivity index (χ1v) is 9.30. The first-order valence-electron chi connectivity index (χ1n) is 8.51. The van der Waals surface area contributed by atoms with Crippen LogP contribution in [0.4, 0.5) is 5.69 Å². The van der Waals surface area contributed by atoms with E-state index in [4.69, 9.17) is 0 Å². The van der Waals surface area contributed by atoms with E-state index in [9.17, 15) is 4.79 Å². The van der Waals surface area contributed by atoms with Gasteiger partial charge in [0.25, 0.3) is 0 Å². The highest BCUT2D eigenvalue weighted by atomic mass is 79.9. The van der Waals surface area contributed by atoms with Crippen molar-refractivity contribution in [3.05, 3.63) is 64.1 Å². The third-order valence-corrected chi connectivity index (χ3v) is 4.68. The summed E-state index contributed by atoms with van der Waals surface area (Å²) in [4.78, 5) is 17.5. The Hall–Kier alpha value is -2.34. The number of benzene rings is 2. The van der Waals surface area contributed by atoms with Gasteiger partial charge in [-0.1, -0.05) is 46.3 Å². The summed E-state index contributed by atoms with van der Waals surface area (Å²) in [6, 6.07) is 16.1. The highest BCUT2D eigenvalue weighted by Gasteiger charge is 2.08. The molecular weight excluding hydrogens is 392 g/mol. The Labute approximate surface area is 163 Å². The standard InChI is InChI=1S/C20H25BrN4O/c1-15(26)24-18-10-8-16(9-11-18)12-13-23-20(22-2)25(3)14-17-6-4-5-7-19(17)21/h4-11H,12-14H2,1-3H3,(H,22,23)(H,24,26). The molecule has 2 aromatic rings. The molecule has 0 aliphatic carbocycles. The Morgan fingerprint density at radius 1 is 1.15 bits per heavy atom. The number of anilines is 1. The number of amides is 1. The van der Waals surface area contributed by atoms with E-state index in [1.54, 1.807) is 7.05 Å². The fourth-order valence-corrected chi connectivity index (χ4v) is 3.03. The molecule has 0 saturated heterocycles. The van der Waals surface area contributed by atoms with E-state index in [0.717, 1.165) is 35.6 Å². The van der Waals surface area contributed by atoms with Crippen LogP contribution in [0.15, 0.2) is 58.0 Å². The lowest BCUT2D eigenvalue weighted by Gasteiger charge is -2.22. The molecule has 0 aliphatic heterocycles. The molecule has 0 saturated carbocycles. The first kappa shape index (κ1) is 20.0. The van der Waals surface area contributed by atoms with Gasteiger partial charge in [-0.15, -0.1) is 0 Å². The van der Waals surface area contributed by atoms with Crippen molar-refractivity contribution in [2.75, 3.05) is 26.0 Å². The zero-order valence-electron chi connectivity index (χ0n) is 15.4. The maximum atomic E-state index is 11.1. The number of rotatable bonds is 6. The van der Waals surface area contributed by atoms with E-state index in [-0.39, 0.29) is 5.91 Å². The van der Waals surface area contributed by atoms with Crippen LogP contribution in [-0.2, 0) is 17.8 Å². The van der Waals surface area contributed by atoms with Crippen LogP contribution >= 0.6 is 15.9 Å². The number of nitrogens with zero attached hydrogens (tertiary/aromatic N) is 2. The van der Waals surface area contributed by atoms with Gasteiger partial charge < -0.3 is 15.5 Å². The molecule has 26 heavy (non-hydrogen) atoms. The molecule has 0 aromatic heterocycles. The first-order chi connectivity index (χ1) is 12.5. The van der Waals surface area contributed by atoms with Crippen molar-refractivity contribution in [1.82, 2.24) is 10.2 Å². The van der Waals surface area contributed by atoms with Gasteiger partial charge in [0.05, 0.1) is 0 Å². The lowest BCUT2D eigenvalue weighted by molar-refractivity contribution is -0.114. The Bertz CT molecular complexity index is 759. The summed E-state index contributed by atoms with van der Waals surface area (Å²) in [5.74, 6) is 0.798. The number of guanidine groups is 1. The molecule has 5 nitrogen and oxygen atoms in total. The Morgan fingerprint density at radius 2 is 1.85 bits per heavy atom. The Balaban J connectivity index is 1.85. The van der Waals surface area contributed by atoms with Crippen molar-refractivity contribution in [2.24, 2.45) is 4.99 Å². The van der Waals surface area contributed by atoms with Crippen LogP contribution in [0.25, 0.3) is 0 Å². The molecular formula is C20H25BrN4O. The molecule has 0 fully saturated rings. The van der Waals surface area contributed by atoms with Crippen molar-refractivity contribution in [2.45, 2.75) is 19.9 Å². The Morgan fingerprint density at radius 3 is 2.46 bits per heavy atom. The molecule has 1 amide bonds. The molecule has 2 aromatic carbocycles. The van der Waals surface area contributed by atoms with E-state index in [1.807, 2.05) is 49.5 Å². The molecule has 0 aliphatic rings. The smallest absolute Gasteiger partial charge is 0.221 e. The summed E-state index contributed by atoms with van der Waals surface area (Å²) in [6.45, 7) is 3.06. The number of halogens is 1. The minimum absolute atomic E-state index is 0.0590. The highest BCUT2D eigenvalue weighted by molar-refractivity contribution is 9.10. The molecule has 138 valence electrons. The topological polar surface area (TPSA) is 56.7 Å². The van der Waals surface area contributed by atoms with E-state index in [2.05, 4.69) is 42.5 Å². The average Bonchev–Trinajstić information content (AvgIpc) is 2.61. The van der Waals surface area contributed by atoms with Crippen molar-refractivity contribution >= 4 is 33.5 Å². The number of nitrogens with one attached hydrogen (secondary N) is 2. The van der Waals surface area contributed by atoms with E-state index in [1.165, 1.54) is 18.1 Å². The van der Waals surface area contributed by atoms with Gasteiger partial charge in [-0.25, -0.2) is 0 Å². The van der Waals surface area contributed by atoms with Crippen LogP contribution in [-0.4, -0.2) is 37.4 Å². The normalized spacial score (nSPS) is 11.2. The molecule has 6 heteroatoms. The fraction of sp³-hybridized carbons (Fsp3) is 0.300. The number of carbonyl (C=O) groups excluding carboxylic acids is 1. The zero-order chi connectivity index (χ0) is 18.9. The van der Waals surface area contributed by atoms with Gasteiger partial charge in [-0.3, -0.25) is 9.79 Å². The minimum Gasteiger partial charge on any atom is -0.356 e. The van der Waals surface area contributed by atoms with Crippen LogP contribution in [0, 0.1) is 0 Å². The lowest BCUT2D eigenvalue weighted by Crippen LogP contribution is -2.39. The van der Waals surface area contributed by atoms with Crippen molar-refractivity contribution in [3.63, 3.8) is 0 Å². The summed E-state index contributed by atoms with van der Waals surface area (Å²) in [6.07, 6.45) is 0.877. The van der Waals surface area contributed by atoms with Crippen molar-refractivity contribution < 1.29 is 4.79 Å². The third kappa shape index (κ3) is 6.19. The molecule has 0 unspecified atom stereocenters. The van der Waals surface area contributed by atoms with E-state index < -0.39 is 0 Å². The van der Waals surface area contributed by atoms with Crippen molar-refractivity contribution in [3.8, 4) is 0 Å². The largest absolute Gasteiger partial charge is 0.356 e. The van der Waals surface area contributed by atoms with E-state index in [0.29, 0.717) is 0 Å². The molecule has 0 bridgehead atoms. The van der Waals surface area contributed by atoms with Crippen LogP contribution in [0.1, 0.15) is 18.1 Å². The number of aliphatic imine (C=N–C) groups is 1. The molecule has 2 N–H and O–H groups in total. The van der Waals surface area contributed by atoms with Crippen molar-refractivity contribution in [1.29, 1.82) is 0 Å². The van der Waals surface area contributed by atoms with Gasteiger partial charge in [-0.05, 0) is 35.7 Å².